The molecular formula is C16H19N3O4. The first kappa shape index (κ1) is 16.9. The van der Waals surface area contributed by atoms with Crippen molar-refractivity contribution in [1.82, 2.24) is 15.9 Å². The van der Waals surface area contributed by atoms with Crippen LogP contribution in [0.1, 0.15) is 36.2 Å². The Kier molecular flexibility index (Phi) is 6.46. The minimum atomic E-state index is -0.402. The molecule has 0 saturated heterocycles. The van der Waals surface area contributed by atoms with E-state index in [9.17, 15) is 9.59 Å². The number of fused-ring (bicyclic) bond motifs is 1. The van der Waals surface area contributed by atoms with Crippen LogP contribution in [0.2, 0.25) is 0 Å². The van der Waals surface area contributed by atoms with Gasteiger partial charge in [-0.2, -0.15) is 0 Å². The van der Waals surface area contributed by atoms with E-state index in [0.717, 1.165) is 17.2 Å². The molecule has 7 heteroatoms. The van der Waals surface area contributed by atoms with E-state index in [-0.39, 0.29) is 12.3 Å². The minimum Gasteiger partial charge on any atom is -0.289 e. The van der Waals surface area contributed by atoms with Crippen molar-refractivity contribution < 1.29 is 19.6 Å². The number of nitrogens with one attached hydrogen (secondary N) is 2. The Balaban J connectivity index is 1.74. The Morgan fingerprint density at radius 2 is 1.96 bits per heavy atom. The second-order valence-electron chi connectivity index (χ2n) is 5.01. The number of hydroxylamine groups is 2. The van der Waals surface area contributed by atoms with Crippen LogP contribution in [0.15, 0.2) is 36.5 Å². The van der Waals surface area contributed by atoms with Crippen LogP contribution in [0.3, 0.4) is 0 Å². The molecule has 0 atom stereocenters. The first-order valence-electron chi connectivity index (χ1n) is 7.41. The molecule has 0 radical (unpaired) electrons. The molecule has 0 aliphatic rings. The number of aromatic nitrogens is 1. The molecule has 0 unspecified atom stereocenters. The summed E-state index contributed by atoms with van der Waals surface area (Å²) in [6, 6.07) is 9.35. The maximum absolute atomic E-state index is 12.1. The third kappa shape index (κ3) is 5.01. The van der Waals surface area contributed by atoms with Crippen LogP contribution in [0.5, 0.6) is 0 Å². The van der Waals surface area contributed by atoms with Crippen LogP contribution >= 0.6 is 0 Å². The molecular weight excluding hydrogens is 298 g/mol. The highest BCUT2D eigenvalue weighted by atomic mass is 16.6. The van der Waals surface area contributed by atoms with E-state index in [1.807, 2.05) is 30.3 Å². The number of unbranched alkanes of at least 4 members (excludes halogenated alkanes) is 2. The van der Waals surface area contributed by atoms with Gasteiger partial charge in [0.2, 0.25) is 5.91 Å². The lowest BCUT2D eigenvalue weighted by Gasteiger charge is -2.07. The molecule has 0 aliphatic heterocycles. The summed E-state index contributed by atoms with van der Waals surface area (Å²) in [5.41, 5.74) is 4.28. The predicted octanol–water partition coefficient (Wildman–Crippen LogP) is 1.96. The Bertz CT molecular complexity index is 670. The van der Waals surface area contributed by atoms with E-state index in [0.29, 0.717) is 25.1 Å². The zero-order valence-corrected chi connectivity index (χ0v) is 12.6. The van der Waals surface area contributed by atoms with Gasteiger partial charge in [-0.1, -0.05) is 30.7 Å². The number of amides is 2. The van der Waals surface area contributed by atoms with Gasteiger partial charge in [-0.05, 0) is 24.3 Å². The van der Waals surface area contributed by atoms with Gasteiger partial charge in [0.15, 0.2) is 0 Å². The second kappa shape index (κ2) is 8.82. The average molecular weight is 317 g/mol. The van der Waals surface area contributed by atoms with Gasteiger partial charge in [0, 0.05) is 18.0 Å². The molecule has 0 bridgehead atoms. The van der Waals surface area contributed by atoms with Gasteiger partial charge >= 0.3 is 0 Å². The molecule has 3 N–H and O–H groups in total. The standard InChI is InChI=1S/C16H19N3O4/c20-14(18-22)8-2-1-5-11-23-19-16(21)15-13-7-4-3-6-12(13)9-10-17-15/h3-4,6-7,9-10,22H,1-2,5,8,11H2,(H,18,20)(H,19,21). The molecule has 1 aromatic carbocycles. The quantitative estimate of drug-likeness (QED) is 0.392. The Labute approximate surface area is 133 Å². The van der Waals surface area contributed by atoms with E-state index in [2.05, 4.69) is 10.5 Å². The molecule has 2 aromatic rings. The fourth-order valence-corrected chi connectivity index (χ4v) is 2.16. The number of carbonyl (C=O) groups excluding carboxylic acids is 2. The van der Waals surface area contributed by atoms with Crippen LogP contribution in [0.25, 0.3) is 10.8 Å². The van der Waals surface area contributed by atoms with Gasteiger partial charge in [-0.3, -0.25) is 24.6 Å². The third-order valence-corrected chi connectivity index (χ3v) is 3.33. The van der Waals surface area contributed by atoms with Gasteiger partial charge in [0.05, 0.1) is 6.61 Å². The van der Waals surface area contributed by atoms with Crippen molar-refractivity contribution in [2.24, 2.45) is 0 Å². The van der Waals surface area contributed by atoms with Crippen LogP contribution in [0, 0.1) is 0 Å². The first-order valence-corrected chi connectivity index (χ1v) is 7.41. The minimum absolute atomic E-state index is 0.267. The van der Waals surface area contributed by atoms with Crippen molar-refractivity contribution >= 4 is 22.6 Å². The number of pyridine rings is 1. The number of carbonyl (C=O) groups is 2. The number of nitrogens with zero attached hydrogens (tertiary/aromatic N) is 1. The van der Waals surface area contributed by atoms with Gasteiger partial charge in [-0.15, -0.1) is 0 Å². The molecule has 122 valence electrons. The largest absolute Gasteiger partial charge is 0.294 e. The average Bonchev–Trinajstić information content (AvgIpc) is 2.59. The SMILES string of the molecule is O=C(CCCCCONC(=O)c1nccc2ccccc12)NO. The highest BCUT2D eigenvalue weighted by Gasteiger charge is 2.11. The highest BCUT2D eigenvalue weighted by Crippen LogP contribution is 2.16. The second-order valence-corrected chi connectivity index (χ2v) is 5.01. The molecule has 0 saturated carbocycles. The first-order chi connectivity index (χ1) is 11.2. The molecule has 1 aromatic heterocycles. The number of hydrogen-bond donors (Lipinski definition) is 3. The van der Waals surface area contributed by atoms with Crippen LogP contribution < -0.4 is 11.0 Å². The summed E-state index contributed by atoms with van der Waals surface area (Å²) >= 11 is 0. The molecule has 1 heterocycles. The van der Waals surface area contributed by atoms with E-state index in [1.165, 1.54) is 0 Å². The van der Waals surface area contributed by atoms with E-state index in [4.69, 9.17) is 10.0 Å². The summed E-state index contributed by atoms with van der Waals surface area (Å²) in [5.74, 6) is -0.789. The number of hydrogen-bond acceptors (Lipinski definition) is 5. The van der Waals surface area contributed by atoms with Gasteiger partial charge in [0.25, 0.3) is 5.91 Å². The summed E-state index contributed by atoms with van der Waals surface area (Å²) in [4.78, 5) is 32.1. The van der Waals surface area contributed by atoms with Crippen molar-refractivity contribution in [2.75, 3.05) is 6.61 Å². The topological polar surface area (TPSA) is 101 Å². The molecule has 2 rings (SSSR count). The highest BCUT2D eigenvalue weighted by molar-refractivity contribution is 6.04. The van der Waals surface area contributed by atoms with Gasteiger partial charge in [-0.25, -0.2) is 11.0 Å². The van der Waals surface area contributed by atoms with Crippen molar-refractivity contribution in [3.63, 3.8) is 0 Å². The fraction of sp³-hybridized carbons (Fsp3) is 0.312. The normalized spacial score (nSPS) is 10.5. The maximum atomic E-state index is 12.1. The summed E-state index contributed by atoms with van der Waals surface area (Å²) in [5, 5.41) is 10.1. The molecule has 23 heavy (non-hydrogen) atoms. The third-order valence-electron chi connectivity index (χ3n) is 3.33. The van der Waals surface area contributed by atoms with E-state index < -0.39 is 5.91 Å². The lowest BCUT2D eigenvalue weighted by atomic mass is 10.1. The lowest BCUT2D eigenvalue weighted by molar-refractivity contribution is -0.129. The Morgan fingerprint density at radius 3 is 2.78 bits per heavy atom. The monoisotopic (exact) mass is 317 g/mol. The van der Waals surface area contributed by atoms with Crippen molar-refractivity contribution in [1.29, 1.82) is 0 Å². The molecule has 7 nitrogen and oxygen atoms in total. The smallest absolute Gasteiger partial charge is 0.289 e. The van der Waals surface area contributed by atoms with Crippen molar-refractivity contribution in [3.05, 3.63) is 42.2 Å². The van der Waals surface area contributed by atoms with Crippen molar-refractivity contribution in [2.45, 2.75) is 25.7 Å². The van der Waals surface area contributed by atoms with Crippen LogP contribution in [-0.2, 0) is 9.63 Å². The Hall–Kier alpha value is -2.51. The zero-order valence-electron chi connectivity index (χ0n) is 12.6. The fourth-order valence-electron chi connectivity index (χ4n) is 2.16. The molecule has 0 aliphatic carbocycles. The molecule has 2 amide bonds. The summed E-state index contributed by atoms with van der Waals surface area (Å²) in [6.45, 7) is 0.344. The predicted molar refractivity (Wildman–Crippen MR) is 83.6 cm³/mol. The maximum Gasteiger partial charge on any atom is 0.294 e. The van der Waals surface area contributed by atoms with Gasteiger partial charge < -0.3 is 0 Å². The number of benzene rings is 1. The summed E-state index contributed by atoms with van der Waals surface area (Å²) in [6.07, 6.45) is 3.96. The molecule has 0 fully saturated rings. The lowest BCUT2D eigenvalue weighted by Crippen LogP contribution is -2.25. The summed E-state index contributed by atoms with van der Waals surface area (Å²) in [7, 11) is 0. The van der Waals surface area contributed by atoms with Crippen LogP contribution in [-0.4, -0.2) is 28.6 Å². The van der Waals surface area contributed by atoms with Crippen molar-refractivity contribution in [3.8, 4) is 0 Å². The van der Waals surface area contributed by atoms with Gasteiger partial charge in [0.1, 0.15) is 5.69 Å². The van der Waals surface area contributed by atoms with E-state index in [1.54, 1.807) is 11.7 Å². The Morgan fingerprint density at radius 1 is 1.13 bits per heavy atom. The number of rotatable bonds is 8. The zero-order chi connectivity index (χ0) is 16.5. The summed E-state index contributed by atoms with van der Waals surface area (Å²) < 4.78 is 0. The van der Waals surface area contributed by atoms with Crippen LogP contribution in [0.4, 0.5) is 0 Å². The van der Waals surface area contributed by atoms with E-state index >= 15 is 0 Å². The molecule has 0 spiro atoms.